The Morgan fingerprint density at radius 1 is 1.22 bits per heavy atom. The van der Waals surface area contributed by atoms with Crippen LogP contribution in [0.15, 0.2) is 42.5 Å². The fourth-order valence-electron chi connectivity index (χ4n) is 4.27. The van der Waals surface area contributed by atoms with Gasteiger partial charge in [0.05, 0.1) is 12.6 Å². The van der Waals surface area contributed by atoms with Crippen LogP contribution in [-0.4, -0.2) is 37.0 Å². The van der Waals surface area contributed by atoms with Crippen LogP contribution in [0.5, 0.6) is 0 Å². The van der Waals surface area contributed by atoms with Crippen LogP contribution >= 0.6 is 11.6 Å². The predicted molar refractivity (Wildman–Crippen MR) is 102 cm³/mol. The number of rotatable bonds is 2. The van der Waals surface area contributed by atoms with E-state index in [1.54, 1.807) is 41.3 Å². The topological polar surface area (TPSA) is 47.3 Å². The van der Waals surface area contributed by atoms with Gasteiger partial charge in [0, 0.05) is 41.3 Å². The minimum atomic E-state index is -0.287. The summed E-state index contributed by atoms with van der Waals surface area (Å²) in [6.07, 6.45) is 1.59. The standard InChI is InChI=1S/C21H19ClFN3O/c22-16-3-1-2-15(12-16)20(27)26-14-21(6-9-25(10-7-21)11-8-24)18-13-17(23)4-5-19(18)26/h1-5,12-13H,6-7,9-11,14H2. The highest BCUT2D eigenvalue weighted by molar-refractivity contribution is 6.31. The summed E-state index contributed by atoms with van der Waals surface area (Å²) in [4.78, 5) is 17.0. The van der Waals surface area contributed by atoms with Gasteiger partial charge in [-0.2, -0.15) is 5.26 Å². The monoisotopic (exact) mass is 383 g/mol. The molecule has 2 aromatic rings. The highest BCUT2D eigenvalue weighted by Gasteiger charge is 2.46. The Hall–Kier alpha value is -2.42. The molecule has 2 aromatic carbocycles. The molecule has 1 spiro atoms. The number of halogens is 2. The van der Waals surface area contributed by atoms with E-state index < -0.39 is 0 Å². The zero-order valence-corrected chi connectivity index (χ0v) is 15.5. The van der Waals surface area contributed by atoms with Crippen molar-refractivity contribution in [1.82, 2.24) is 4.90 Å². The largest absolute Gasteiger partial charge is 0.307 e. The number of carbonyl (C=O) groups is 1. The summed E-state index contributed by atoms with van der Waals surface area (Å²) < 4.78 is 14.0. The van der Waals surface area contributed by atoms with Gasteiger partial charge in [-0.15, -0.1) is 0 Å². The summed E-state index contributed by atoms with van der Waals surface area (Å²) in [7, 11) is 0. The van der Waals surface area contributed by atoms with Gasteiger partial charge >= 0.3 is 0 Å². The van der Waals surface area contributed by atoms with Crippen molar-refractivity contribution < 1.29 is 9.18 Å². The van der Waals surface area contributed by atoms with Gasteiger partial charge in [0.25, 0.3) is 5.91 Å². The summed E-state index contributed by atoms with van der Waals surface area (Å²) in [6, 6.07) is 13.8. The lowest BCUT2D eigenvalue weighted by atomic mass is 9.74. The van der Waals surface area contributed by atoms with Gasteiger partial charge < -0.3 is 4.90 Å². The summed E-state index contributed by atoms with van der Waals surface area (Å²) in [5.41, 5.74) is 1.93. The van der Waals surface area contributed by atoms with Crippen molar-refractivity contribution in [2.45, 2.75) is 18.3 Å². The molecule has 0 unspecified atom stereocenters. The number of anilines is 1. The Morgan fingerprint density at radius 3 is 2.70 bits per heavy atom. The van der Waals surface area contributed by atoms with Gasteiger partial charge in [-0.05, 0) is 54.8 Å². The van der Waals surface area contributed by atoms with Crippen molar-refractivity contribution in [3.63, 3.8) is 0 Å². The highest BCUT2D eigenvalue weighted by Crippen LogP contribution is 2.47. The van der Waals surface area contributed by atoms with E-state index in [9.17, 15) is 9.18 Å². The molecule has 2 aliphatic rings. The third-order valence-corrected chi connectivity index (χ3v) is 5.94. The van der Waals surface area contributed by atoms with Crippen molar-refractivity contribution in [2.75, 3.05) is 31.1 Å². The molecular formula is C21H19ClFN3O. The number of fused-ring (bicyclic) bond motifs is 2. The van der Waals surface area contributed by atoms with Gasteiger partial charge in [0.1, 0.15) is 5.82 Å². The van der Waals surface area contributed by atoms with E-state index in [1.165, 1.54) is 6.07 Å². The fraction of sp³-hybridized carbons (Fsp3) is 0.333. The highest BCUT2D eigenvalue weighted by atomic mass is 35.5. The van der Waals surface area contributed by atoms with Crippen LogP contribution in [-0.2, 0) is 5.41 Å². The second kappa shape index (κ2) is 6.95. The van der Waals surface area contributed by atoms with Crippen LogP contribution in [0.4, 0.5) is 10.1 Å². The molecule has 0 aromatic heterocycles. The zero-order valence-electron chi connectivity index (χ0n) is 14.8. The van der Waals surface area contributed by atoms with E-state index in [1.807, 2.05) is 0 Å². The van der Waals surface area contributed by atoms with Crippen LogP contribution in [0.3, 0.4) is 0 Å². The van der Waals surface area contributed by atoms with Crippen LogP contribution < -0.4 is 4.90 Å². The predicted octanol–water partition coefficient (Wildman–Crippen LogP) is 4.00. The average molecular weight is 384 g/mol. The average Bonchev–Trinajstić information content (AvgIpc) is 2.97. The van der Waals surface area contributed by atoms with Crippen LogP contribution in [0.1, 0.15) is 28.8 Å². The number of likely N-dealkylation sites (tertiary alicyclic amines) is 1. The smallest absolute Gasteiger partial charge is 0.258 e. The quantitative estimate of drug-likeness (QED) is 0.736. The van der Waals surface area contributed by atoms with Crippen LogP contribution in [0.25, 0.3) is 0 Å². The first kappa shape index (κ1) is 18.0. The Bertz CT molecular complexity index is 931. The van der Waals surface area contributed by atoms with Crippen molar-refractivity contribution >= 4 is 23.2 Å². The second-order valence-corrected chi connectivity index (χ2v) is 7.71. The van der Waals surface area contributed by atoms with Gasteiger partial charge in [-0.1, -0.05) is 17.7 Å². The first-order valence-corrected chi connectivity index (χ1v) is 9.37. The molecule has 0 radical (unpaired) electrons. The maximum Gasteiger partial charge on any atom is 0.258 e. The molecule has 2 heterocycles. The molecule has 2 aliphatic heterocycles. The molecular weight excluding hydrogens is 365 g/mol. The number of benzene rings is 2. The van der Waals surface area contributed by atoms with E-state index in [2.05, 4.69) is 11.0 Å². The van der Waals surface area contributed by atoms with Gasteiger partial charge in [0.15, 0.2) is 0 Å². The summed E-state index contributed by atoms with van der Waals surface area (Å²) in [5.74, 6) is -0.411. The minimum Gasteiger partial charge on any atom is -0.307 e. The number of nitrogens with zero attached hydrogens (tertiary/aromatic N) is 3. The van der Waals surface area contributed by atoms with E-state index in [0.717, 1.165) is 37.2 Å². The SMILES string of the molecule is N#CCN1CCC2(CC1)CN(C(=O)c1cccc(Cl)c1)c1ccc(F)cc12. The molecule has 1 amide bonds. The van der Waals surface area contributed by atoms with Gasteiger partial charge in [-0.3, -0.25) is 9.69 Å². The molecule has 0 N–H and O–H groups in total. The maximum atomic E-state index is 14.0. The molecule has 27 heavy (non-hydrogen) atoms. The second-order valence-electron chi connectivity index (χ2n) is 7.28. The number of hydrogen-bond donors (Lipinski definition) is 0. The van der Waals surface area contributed by atoms with Crippen LogP contribution in [0.2, 0.25) is 5.02 Å². The van der Waals surface area contributed by atoms with Crippen molar-refractivity contribution in [3.05, 3.63) is 64.4 Å². The Labute approximate surface area is 162 Å². The van der Waals surface area contributed by atoms with E-state index >= 15 is 0 Å². The number of piperidine rings is 1. The van der Waals surface area contributed by atoms with E-state index in [-0.39, 0.29) is 17.1 Å². The third-order valence-electron chi connectivity index (χ3n) is 5.71. The Kier molecular flexibility index (Phi) is 4.63. The lowest BCUT2D eigenvalue weighted by molar-refractivity contribution is 0.0978. The molecule has 1 fully saturated rings. The number of hydrogen-bond acceptors (Lipinski definition) is 3. The van der Waals surface area contributed by atoms with Gasteiger partial charge in [-0.25, -0.2) is 4.39 Å². The molecule has 1 saturated heterocycles. The lowest BCUT2D eigenvalue weighted by Crippen LogP contribution is -2.46. The first-order chi connectivity index (χ1) is 13.0. The molecule has 0 atom stereocenters. The zero-order chi connectivity index (χ0) is 19.0. The van der Waals surface area contributed by atoms with E-state index in [4.69, 9.17) is 16.9 Å². The Morgan fingerprint density at radius 2 is 2.00 bits per heavy atom. The molecule has 4 nitrogen and oxygen atoms in total. The number of amides is 1. The summed E-state index contributed by atoms with van der Waals surface area (Å²) >= 11 is 6.05. The number of carbonyl (C=O) groups excluding carboxylic acids is 1. The third kappa shape index (κ3) is 3.20. The summed E-state index contributed by atoms with van der Waals surface area (Å²) in [5, 5.41) is 9.44. The van der Waals surface area contributed by atoms with E-state index in [0.29, 0.717) is 23.7 Å². The Balaban J connectivity index is 1.69. The fourth-order valence-corrected chi connectivity index (χ4v) is 4.46. The number of nitriles is 1. The first-order valence-electron chi connectivity index (χ1n) is 8.99. The molecule has 0 saturated carbocycles. The maximum absolute atomic E-state index is 14.0. The normalized spacial score (nSPS) is 18.3. The summed E-state index contributed by atoms with van der Waals surface area (Å²) in [6.45, 7) is 2.46. The molecule has 0 aliphatic carbocycles. The minimum absolute atomic E-state index is 0.123. The van der Waals surface area contributed by atoms with Crippen molar-refractivity contribution in [2.24, 2.45) is 0 Å². The lowest BCUT2D eigenvalue weighted by Gasteiger charge is -2.39. The molecule has 138 valence electrons. The van der Waals surface area contributed by atoms with Gasteiger partial charge in [0.2, 0.25) is 0 Å². The van der Waals surface area contributed by atoms with Crippen molar-refractivity contribution in [3.8, 4) is 6.07 Å². The molecule has 0 bridgehead atoms. The van der Waals surface area contributed by atoms with Crippen molar-refractivity contribution in [1.29, 1.82) is 5.26 Å². The van der Waals surface area contributed by atoms with Crippen LogP contribution in [0, 0.1) is 17.1 Å². The molecule has 4 rings (SSSR count). The molecule has 6 heteroatoms.